The highest BCUT2D eigenvalue weighted by Gasteiger charge is 2.35. The molecule has 3 heterocycles. The van der Waals surface area contributed by atoms with Gasteiger partial charge in [0, 0.05) is 19.2 Å². The molecule has 0 saturated carbocycles. The molecule has 6 nitrogen and oxygen atoms in total. The van der Waals surface area contributed by atoms with Gasteiger partial charge in [-0.1, -0.05) is 17.7 Å². The van der Waals surface area contributed by atoms with Crippen LogP contribution in [0.5, 0.6) is 0 Å². The summed E-state index contributed by atoms with van der Waals surface area (Å²) >= 11 is 8.73. The molecule has 0 atom stereocenters. The lowest BCUT2D eigenvalue weighted by Crippen LogP contribution is -2.54. The zero-order chi connectivity index (χ0) is 19.8. The average Bonchev–Trinajstić information content (AvgIpc) is 3.29. The number of nitrogens with one attached hydrogen (secondary N) is 1. The predicted molar refractivity (Wildman–Crippen MR) is 115 cm³/mol. The third-order valence-electron chi connectivity index (χ3n) is 4.76. The van der Waals surface area contributed by atoms with E-state index in [2.05, 4.69) is 26.1 Å². The van der Waals surface area contributed by atoms with Crippen LogP contribution in [-0.2, 0) is 9.59 Å². The lowest BCUT2D eigenvalue weighted by atomic mass is 10.1. The van der Waals surface area contributed by atoms with Crippen LogP contribution < -0.4 is 15.1 Å². The van der Waals surface area contributed by atoms with Crippen molar-refractivity contribution in [1.82, 2.24) is 5.32 Å². The van der Waals surface area contributed by atoms with Crippen LogP contribution in [0, 0.1) is 6.92 Å². The maximum atomic E-state index is 13.0. The average molecular weight is 460 g/mol. The molecule has 8 heteroatoms. The first-order valence-electron chi connectivity index (χ1n) is 8.96. The zero-order valence-electron chi connectivity index (χ0n) is 15.2. The first kappa shape index (κ1) is 18.9. The fourth-order valence-electron chi connectivity index (χ4n) is 3.31. The second-order valence-corrected chi connectivity index (χ2v) is 8.03. The van der Waals surface area contributed by atoms with Crippen LogP contribution in [0.15, 0.2) is 44.8 Å². The molecule has 2 amide bonds. The van der Waals surface area contributed by atoms with Gasteiger partial charge in [-0.15, -0.1) is 0 Å². The quantitative estimate of drug-likeness (QED) is 0.429. The van der Waals surface area contributed by atoms with Crippen molar-refractivity contribution < 1.29 is 14.0 Å². The number of thiocarbonyl (C=S) groups is 1. The normalized spacial score (nSPS) is 18.9. The number of benzene rings is 1. The molecule has 2 aromatic rings. The van der Waals surface area contributed by atoms with E-state index in [1.165, 1.54) is 11.0 Å². The summed E-state index contributed by atoms with van der Waals surface area (Å²) in [5, 5.41) is 2.65. The van der Waals surface area contributed by atoms with Gasteiger partial charge in [0.25, 0.3) is 11.8 Å². The third-order valence-corrected chi connectivity index (χ3v) is 5.61. The van der Waals surface area contributed by atoms with E-state index in [1.807, 2.05) is 19.1 Å². The molecule has 1 aromatic heterocycles. The largest absolute Gasteiger partial charge is 0.440 e. The van der Waals surface area contributed by atoms with Crippen molar-refractivity contribution >= 4 is 62.7 Å². The molecule has 2 fully saturated rings. The zero-order valence-corrected chi connectivity index (χ0v) is 17.6. The topological polar surface area (TPSA) is 65.8 Å². The summed E-state index contributed by atoms with van der Waals surface area (Å²) in [7, 11) is 0. The molecule has 2 saturated heterocycles. The van der Waals surface area contributed by atoms with E-state index in [0.29, 0.717) is 11.4 Å². The van der Waals surface area contributed by atoms with Gasteiger partial charge in [-0.05, 0) is 66.1 Å². The summed E-state index contributed by atoms with van der Waals surface area (Å²) < 4.78 is 6.70. The van der Waals surface area contributed by atoms with Gasteiger partial charge in [-0.3, -0.25) is 19.8 Å². The maximum absolute atomic E-state index is 13.0. The van der Waals surface area contributed by atoms with Crippen molar-refractivity contribution in [2.24, 2.45) is 0 Å². The Hall–Kier alpha value is -2.45. The number of carbonyl (C=O) groups is 2. The van der Waals surface area contributed by atoms with E-state index in [1.54, 1.807) is 18.2 Å². The number of aryl methyl sites for hydroxylation is 1. The van der Waals surface area contributed by atoms with Crippen LogP contribution in [-0.4, -0.2) is 30.0 Å². The molecule has 1 N–H and O–H groups in total. The monoisotopic (exact) mass is 459 g/mol. The highest BCUT2D eigenvalue weighted by Crippen LogP contribution is 2.34. The van der Waals surface area contributed by atoms with Crippen molar-refractivity contribution in [3.8, 4) is 0 Å². The molecule has 0 bridgehead atoms. The molecular formula is C20H18BrN3O3S. The minimum absolute atomic E-state index is 0.0246. The standard InChI is InChI=1S/C20H18BrN3O3S/c1-12-4-6-13(7-5-12)24-18(26)15(17(25)22-20(24)28)10-14-11-16(21)19(27-14)23-8-2-3-9-23/h4-7,10-11H,2-3,8-9H2,1H3,(H,22,25,28). The minimum atomic E-state index is -0.534. The molecule has 0 radical (unpaired) electrons. The number of hydrogen-bond donors (Lipinski definition) is 1. The van der Waals surface area contributed by atoms with Crippen molar-refractivity contribution in [1.29, 1.82) is 0 Å². The second kappa shape index (κ2) is 7.52. The summed E-state index contributed by atoms with van der Waals surface area (Å²) in [6.07, 6.45) is 3.70. The van der Waals surface area contributed by atoms with Crippen LogP contribution in [0.25, 0.3) is 6.08 Å². The number of hydrogen-bond acceptors (Lipinski definition) is 5. The molecule has 144 valence electrons. The van der Waals surface area contributed by atoms with Crippen LogP contribution in [0.3, 0.4) is 0 Å². The number of furan rings is 1. The fraction of sp³-hybridized carbons (Fsp3) is 0.250. The third kappa shape index (κ3) is 3.49. The Labute approximate surface area is 176 Å². The summed E-state index contributed by atoms with van der Waals surface area (Å²) in [4.78, 5) is 28.9. The van der Waals surface area contributed by atoms with Crippen molar-refractivity contribution in [3.05, 3.63) is 51.7 Å². The van der Waals surface area contributed by atoms with Crippen molar-refractivity contribution in [3.63, 3.8) is 0 Å². The van der Waals surface area contributed by atoms with Gasteiger partial charge >= 0.3 is 0 Å². The first-order chi connectivity index (χ1) is 13.4. The molecule has 28 heavy (non-hydrogen) atoms. The van der Waals surface area contributed by atoms with Gasteiger partial charge < -0.3 is 9.32 Å². The second-order valence-electron chi connectivity index (χ2n) is 6.79. The summed E-state index contributed by atoms with van der Waals surface area (Å²) in [6.45, 7) is 3.81. The van der Waals surface area contributed by atoms with Gasteiger partial charge in [0.05, 0.1) is 10.2 Å². The number of anilines is 2. The lowest BCUT2D eigenvalue weighted by Gasteiger charge is -2.28. The number of nitrogens with zero attached hydrogens (tertiary/aromatic N) is 2. The predicted octanol–water partition coefficient (Wildman–Crippen LogP) is 3.78. The highest BCUT2D eigenvalue weighted by molar-refractivity contribution is 9.10. The summed E-state index contributed by atoms with van der Waals surface area (Å²) in [5.41, 5.74) is 1.64. The summed E-state index contributed by atoms with van der Waals surface area (Å²) in [6, 6.07) is 9.13. The molecule has 2 aliphatic rings. The van der Waals surface area contributed by atoms with E-state index in [4.69, 9.17) is 16.6 Å². The number of amides is 2. The molecular weight excluding hydrogens is 442 g/mol. The van der Waals surface area contributed by atoms with Gasteiger partial charge in [-0.25, -0.2) is 0 Å². The van der Waals surface area contributed by atoms with Crippen LogP contribution >= 0.6 is 28.1 Å². The Balaban J connectivity index is 1.67. The van der Waals surface area contributed by atoms with E-state index >= 15 is 0 Å². The first-order valence-corrected chi connectivity index (χ1v) is 10.2. The molecule has 0 aliphatic carbocycles. The van der Waals surface area contributed by atoms with Gasteiger partial charge in [0.15, 0.2) is 5.11 Å². The Morgan fingerprint density at radius 1 is 1.18 bits per heavy atom. The van der Waals surface area contributed by atoms with Crippen LogP contribution in [0.4, 0.5) is 11.6 Å². The van der Waals surface area contributed by atoms with Crippen LogP contribution in [0.1, 0.15) is 24.2 Å². The van der Waals surface area contributed by atoms with Gasteiger partial charge in [0.2, 0.25) is 5.88 Å². The van der Waals surface area contributed by atoms with E-state index in [0.717, 1.165) is 41.9 Å². The molecule has 2 aliphatic heterocycles. The molecule has 1 aromatic carbocycles. The van der Waals surface area contributed by atoms with Crippen molar-refractivity contribution in [2.45, 2.75) is 19.8 Å². The Kier molecular flexibility index (Phi) is 5.07. The fourth-order valence-corrected chi connectivity index (χ4v) is 4.15. The van der Waals surface area contributed by atoms with E-state index in [9.17, 15) is 9.59 Å². The van der Waals surface area contributed by atoms with E-state index in [-0.39, 0.29) is 10.7 Å². The van der Waals surface area contributed by atoms with E-state index < -0.39 is 11.8 Å². The Bertz CT molecular complexity index is 991. The number of rotatable bonds is 3. The molecule has 0 unspecified atom stereocenters. The highest BCUT2D eigenvalue weighted by atomic mass is 79.9. The smallest absolute Gasteiger partial charge is 0.270 e. The van der Waals surface area contributed by atoms with Gasteiger partial charge in [0.1, 0.15) is 11.3 Å². The molecule has 4 rings (SSSR count). The molecule has 0 spiro atoms. The van der Waals surface area contributed by atoms with Gasteiger partial charge in [-0.2, -0.15) is 0 Å². The number of halogens is 1. The Morgan fingerprint density at radius 2 is 1.86 bits per heavy atom. The lowest BCUT2D eigenvalue weighted by molar-refractivity contribution is -0.122. The SMILES string of the molecule is Cc1ccc(N2C(=O)C(=Cc3cc(Br)c(N4CCCC4)o3)C(=O)NC2=S)cc1. The van der Waals surface area contributed by atoms with Crippen LogP contribution in [0.2, 0.25) is 0 Å². The Morgan fingerprint density at radius 3 is 2.54 bits per heavy atom. The van der Waals surface area contributed by atoms with Crippen molar-refractivity contribution in [2.75, 3.05) is 22.9 Å². The summed E-state index contributed by atoms with van der Waals surface area (Å²) in [5.74, 6) is 0.143. The minimum Gasteiger partial charge on any atom is -0.440 e. The maximum Gasteiger partial charge on any atom is 0.270 e. The number of carbonyl (C=O) groups excluding carboxylic acids is 2.